The Morgan fingerprint density at radius 1 is 1.30 bits per heavy atom. The van der Waals surface area contributed by atoms with Crippen molar-refractivity contribution in [1.82, 2.24) is 15.5 Å². The van der Waals surface area contributed by atoms with Crippen molar-refractivity contribution in [3.05, 3.63) is 0 Å². The van der Waals surface area contributed by atoms with Crippen LogP contribution in [0.15, 0.2) is 4.99 Å². The van der Waals surface area contributed by atoms with Gasteiger partial charge in [0, 0.05) is 20.1 Å². The van der Waals surface area contributed by atoms with Crippen LogP contribution in [-0.2, 0) is 4.79 Å². The molecule has 0 bridgehead atoms. The summed E-state index contributed by atoms with van der Waals surface area (Å²) in [6.45, 7) is 4.49. The van der Waals surface area contributed by atoms with Gasteiger partial charge in [0.05, 0.1) is 6.54 Å². The van der Waals surface area contributed by atoms with Gasteiger partial charge >= 0.3 is 6.18 Å². The third-order valence-electron chi connectivity index (χ3n) is 2.84. The summed E-state index contributed by atoms with van der Waals surface area (Å²) < 4.78 is 36.4. The molecule has 0 heterocycles. The van der Waals surface area contributed by atoms with Crippen molar-refractivity contribution in [3.63, 3.8) is 0 Å². The maximum atomic E-state index is 12.1. The molecule has 8 heteroatoms. The number of halogens is 3. The summed E-state index contributed by atoms with van der Waals surface area (Å²) in [4.78, 5) is 16.1. The van der Waals surface area contributed by atoms with Crippen LogP contribution in [0.25, 0.3) is 0 Å². The molecule has 1 unspecified atom stereocenters. The second-order valence-electron chi connectivity index (χ2n) is 4.97. The number of alkyl halides is 3. The zero-order valence-electron chi connectivity index (χ0n) is 12.5. The Hall–Kier alpha value is -1.47. The van der Waals surface area contributed by atoms with Crippen LogP contribution in [0, 0.1) is 5.92 Å². The van der Waals surface area contributed by atoms with Gasteiger partial charge in [-0.05, 0) is 12.8 Å². The molecule has 0 aliphatic carbocycles. The molecule has 0 rings (SSSR count). The molecular formula is C12H23F3N4O. The van der Waals surface area contributed by atoms with Gasteiger partial charge in [-0.2, -0.15) is 13.2 Å². The van der Waals surface area contributed by atoms with E-state index in [4.69, 9.17) is 0 Å². The fourth-order valence-corrected chi connectivity index (χ4v) is 1.23. The predicted octanol–water partition coefficient (Wildman–Crippen LogP) is 1.22. The molecule has 0 fully saturated rings. The summed E-state index contributed by atoms with van der Waals surface area (Å²) in [6.07, 6.45) is -4.39. The molecule has 0 aromatic rings. The molecule has 5 nitrogen and oxygen atoms in total. The van der Waals surface area contributed by atoms with Crippen molar-refractivity contribution in [2.45, 2.75) is 33.0 Å². The fraction of sp³-hybridized carbons (Fsp3) is 0.833. The number of carbonyl (C=O) groups is 1. The SMILES string of the molecule is CN=C(NCC(=O)N(C)CC(F)(F)F)NC(C)C(C)C. The van der Waals surface area contributed by atoms with E-state index in [-0.39, 0.29) is 12.6 Å². The molecule has 0 radical (unpaired) electrons. The summed E-state index contributed by atoms with van der Waals surface area (Å²) in [5, 5.41) is 5.76. The summed E-state index contributed by atoms with van der Waals surface area (Å²) in [6, 6.07) is 0.129. The van der Waals surface area contributed by atoms with E-state index < -0.39 is 18.6 Å². The molecule has 0 aromatic heterocycles. The highest BCUT2D eigenvalue weighted by atomic mass is 19.4. The number of nitrogens with zero attached hydrogens (tertiary/aromatic N) is 2. The van der Waals surface area contributed by atoms with Crippen LogP contribution in [0.1, 0.15) is 20.8 Å². The van der Waals surface area contributed by atoms with E-state index in [1.54, 1.807) is 0 Å². The van der Waals surface area contributed by atoms with Gasteiger partial charge in [0.25, 0.3) is 0 Å². The van der Waals surface area contributed by atoms with Crippen molar-refractivity contribution in [2.75, 3.05) is 27.2 Å². The molecule has 0 aromatic carbocycles. The number of guanidine groups is 1. The molecule has 0 spiro atoms. The monoisotopic (exact) mass is 296 g/mol. The van der Waals surface area contributed by atoms with Crippen molar-refractivity contribution in [1.29, 1.82) is 0 Å². The number of hydrogen-bond acceptors (Lipinski definition) is 2. The summed E-state index contributed by atoms with van der Waals surface area (Å²) in [5.74, 6) is 0.0968. The molecule has 0 saturated heterocycles. The normalized spacial score (nSPS) is 14.2. The quantitative estimate of drug-likeness (QED) is 0.592. The van der Waals surface area contributed by atoms with Crippen molar-refractivity contribution >= 4 is 11.9 Å². The third kappa shape index (κ3) is 7.85. The number of nitrogens with one attached hydrogen (secondary N) is 2. The van der Waals surface area contributed by atoms with Crippen LogP contribution in [0.5, 0.6) is 0 Å². The largest absolute Gasteiger partial charge is 0.406 e. The van der Waals surface area contributed by atoms with E-state index in [0.29, 0.717) is 16.8 Å². The molecule has 2 N–H and O–H groups in total. The lowest BCUT2D eigenvalue weighted by Crippen LogP contribution is -2.48. The zero-order valence-corrected chi connectivity index (χ0v) is 12.5. The van der Waals surface area contributed by atoms with E-state index in [1.807, 2.05) is 20.8 Å². The zero-order chi connectivity index (χ0) is 15.9. The van der Waals surface area contributed by atoms with Gasteiger partial charge in [-0.1, -0.05) is 13.8 Å². The number of carbonyl (C=O) groups excluding carboxylic acids is 1. The summed E-state index contributed by atoms with van der Waals surface area (Å²) in [7, 11) is 2.65. The van der Waals surface area contributed by atoms with Crippen molar-refractivity contribution < 1.29 is 18.0 Å². The highest BCUT2D eigenvalue weighted by Gasteiger charge is 2.31. The van der Waals surface area contributed by atoms with Crippen molar-refractivity contribution in [3.8, 4) is 0 Å². The van der Waals surface area contributed by atoms with E-state index in [1.165, 1.54) is 7.05 Å². The van der Waals surface area contributed by atoms with Gasteiger partial charge in [-0.25, -0.2) is 0 Å². The maximum Gasteiger partial charge on any atom is 0.406 e. The Balaban J connectivity index is 4.28. The lowest BCUT2D eigenvalue weighted by Gasteiger charge is -2.22. The number of hydrogen-bond donors (Lipinski definition) is 2. The first kappa shape index (κ1) is 18.5. The van der Waals surface area contributed by atoms with E-state index >= 15 is 0 Å². The van der Waals surface area contributed by atoms with Crippen LogP contribution < -0.4 is 10.6 Å². The fourth-order valence-electron chi connectivity index (χ4n) is 1.23. The highest BCUT2D eigenvalue weighted by Crippen LogP contribution is 2.15. The predicted molar refractivity (Wildman–Crippen MR) is 72.5 cm³/mol. The first-order valence-corrected chi connectivity index (χ1v) is 6.34. The first-order chi connectivity index (χ1) is 9.06. The third-order valence-corrected chi connectivity index (χ3v) is 2.84. The van der Waals surface area contributed by atoms with E-state index in [9.17, 15) is 18.0 Å². The van der Waals surface area contributed by atoms with Gasteiger partial charge in [-0.15, -0.1) is 0 Å². The Kier molecular flexibility index (Phi) is 7.38. The van der Waals surface area contributed by atoms with Gasteiger partial charge in [0.2, 0.25) is 5.91 Å². The van der Waals surface area contributed by atoms with Crippen LogP contribution in [0.4, 0.5) is 13.2 Å². The first-order valence-electron chi connectivity index (χ1n) is 6.34. The molecule has 0 aliphatic rings. The maximum absolute atomic E-state index is 12.1. The van der Waals surface area contributed by atoms with Crippen LogP contribution in [-0.4, -0.2) is 56.2 Å². The van der Waals surface area contributed by atoms with Crippen LogP contribution in [0.3, 0.4) is 0 Å². The molecule has 0 aliphatic heterocycles. The molecule has 1 amide bonds. The Labute approximate surface area is 117 Å². The van der Waals surface area contributed by atoms with E-state index in [0.717, 1.165) is 7.05 Å². The molecular weight excluding hydrogens is 273 g/mol. The Bertz CT molecular complexity index is 342. The molecule has 118 valence electrons. The minimum Gasteiger partial charge on any atom is -0.354 e. The summed E-state index contributed by atoms with van der Waals surface area (Å²) >= 11 is 0. The smallest absolute Gasteiger partial charge is 0.354 e. The van der Waals surface area contributed by atoms with Gasteiger partial charge < -0.3 is 15.5 Å². The number of likely N-dealkylation sites (N-methyl/N-ethyl adjacent to an activating group) is 1. The summed E-state index contributed by atoms with van der Waals surface area (Å²) in [5.41, 5.74) is 0. The number of amides is 1. The second-order valence-corrected chi connectivity index (χ2v) is 4.97. The van der Waals surface area contributed by atoms with Crippen LogP contribution in [0.2, 0.25) is 0 Å². The second kappa shape index (κ2) is 7.96. The average Bonchev–Trinajstić information content (AvgIpc) is 2.31. The molecule has 20 heavy (non-hydrogen) atoms. The minimum absolute atomic E-state index is 0.129. The average molecular weight is 296 g/mol. The number of aliphatic imine (C=N–C) groups is 1. The van der Waals surface area contributed by atoms with Crippen molar-refractivity contribution in [2.24, 2.45) is 10.9 Å². The lowest BCUT2D eigenvalue weighted by atomic mass is 10.1. The topological polar surface area (TPSA) is 56.7 Å². The number of rotatable bonds is 5. The standard InChI is InChI=1S/C12H23F3N4O/c1-8(2)9(3)18-11(16-4)17-6-10(20)19(5)7-12(13,14)15/h8-9H,6-7H2,1-5H3,(H2,16,17,18). The van der Waals surface area contributed by atoms with Gasteiger partial charge in [0.1, 0.15) is 6.54 Å². The lowest BCUT2D eigenvalue weighted by molar-refractivity contribution is -0.157. The van der Waals surface area contributed by atoms with Crippen LogP contribution >= 0.6 is 0 Å². The van der Waals surface area contributed by atoms with Gasteiger partial charge in [0.15, 0.2) is 5.96 Å². The molecule has 0 saturated carbocycles. The van der Waals surface area contributed by atoms with E-state index in [2.05, 4.69) is 15.6 Å². The van der Waals surface area contributed by atoms with Gasteiger partial charge in [-0.3, -0.25) is 9.79 Å². The minimum atomic E-state index is -4.39. The Morgan fingerprint density at radius 3 is 2.25 bits per heavy atom. The Morgan fingerprint density at radius 2 is 1.85 bits per heavy atom. The highest BCUT2D eigenvalue weighted by molar-refractivity contribution is 5.86. The molecule has 1 atom stereocenters.